The van der Waals surface area contributed by atoms with Crippen LogP contribution in [0.4, 0.5) is 23.4 Å². The zero-order valence-corrected chi connectivity index (χ0v) is 18.9. The second kappa shape index (κ2) is 10.4. The first-order valence-corrected chi connectivity index (χ1v) is 12.1. The second-order valence-electron chi connectivity index (χ2n) is 5.55. The third kappa shape index (κ3) is 6.88. The average molecular weight is 507 g/mol. The van der Waals surface area contributed by atoms with Crippen LogP contribution in [0.15, 0.2) is 32.9 Å². The Morgan fingerprint density at radius 2 is 1.65 bits per heavy atom. The van der Waals surface area contributed by atoms with Crippen molar-refractivity contribution < 1.29 is 22.8 Å². The number of anilines is 2. The number of nitrogens with zero attached hydrogens (tertiary/aromatic N) is 4. The molecule has 0 aliphatic carbocycles. The summed E-state index contributed by atoms with van der Waals surface area (Å²) in [6, 6.07) is 4.06. The van der Waals surface area contributed by atoms with Crippen molar-refractivity contribution in [3.05, 3.63) is 35.4 Å². The quantitative estimate of drug-likeness (QED) is 0.339. The summed E-state index contributed by atoms with van der Waals surface area (Å²) in [4.78, 5) is 24.2. The molecule has 2 aromatic heterocycles. The molecule has 2 amide bonds. The Hall–Kier alpha value is -2.23. The van der Waals surface area contributed by atoms with Crippen LogP contribution in [0.5, 0.6) is 0 Å². The number of aromatic nitrogens is 4. The molecule has 15 heteroatoms. The van der Waals surface area contributed by atoms with E-state index in [1.165, 1.54) is 29.2 Å². The Labute approximate surface area is 190 Å². The van der Waals surface area contributed by atoms with E-state index in [1.54, 1.807) is 0 Å². The van der Waals surface area contributed by atoms with Crippen LogP contribution in [0.25, 0.3) is 0 Å². The fraction of sp³-hybridized carbons (Fsp3) is 0.250. The van der Waals surface area contributed by atoms with E-state index >= 15 is 0 Å². The third-order valence-electron chi connectivity index (χ3n) is 3.33. The summed E-state index contributed by atoms with van der Waals surface area (Å²) >= 11 is 4.90. The van der Waals surface area contributed by atoms with Gasteiger partial charge in [0.15, 0.2) is 8.68 Å². The Kier molecular flexibility index (Phi) is 7.85. The van der Waals surface area contributed by atoms with Gasteiger partial charge in [-0.3, -0.25) is 20.2 Å². The van der Waals surface area contributed by atoms with E-state index in [0.717, 1.165) is 51.4 Å². The molecule has 1 aromatic carbocycles. The second-order valence-corrected chi connectivity index (χ2v) is 10.2. The van der Waals surface area contributed by atoms with Crippen molar-refractivity contribution >= 4 is 68.3 Å². The maximum Gasteiger partial charge on any atom is 0.416 e. The molecule has 164 valence electrons. The average Bonchev–Trinajstić information content (AvgIpc) is 3.35. The van der Waals surface area contributed by atoms with Gasteiger partial charge < -0.3 is 0 Å². The predicted octanol–water partition coefficient (Wildman–Crippen LogP) is 4.50. The molecular weight excluding hydrogens is 493 g/mol. The Morgan fingerprint density at radius 3 is 2.29 bits per heavy atom. The highest BCUT2D eigenvalue weighted by Crippen LogP contribution is 2.30. The molecule has 0 spiro atoms. The monoisotopic (exact) mass is 506 g/mol. The zero-order chi connectivity index (χ0) is 22.4. The number of hydrogen-bond acceptors (Lipinski definition) is 10. The summed E-state index contributed by atoms with van der Waals surface area (Å²) in [5.74, 6) is -0.166. The molecule has 2 heterocycles. The number of thioether (sulfide) groups is 2. The van der Waals surface area contributed by atoms with Gasteiger partial charge in [0.1, 0.15) is 0 Å². The van der Waals surface area contributed by atoms with Gasteiger partial charge in [-0.05, 0) is 24.0 Å². The van der Waals surface area contributed by atoms with Gasteiger partial charge in [-0.15, -0.1) is 20.4 Å². The van der Waals surface area contributed by atoms with Crippen molar-refractivity contribution in [3.8, 4) is 0 Å². The molecule has 0 atom stereocenters. The number of carbonyl (C=O) groups is 2. The predicted molar refractivity (Wildman–Crippen MR) is 115 cm³/mol. The van der Waals surface area contributed by atoms with E-state index in [2.05, 4.69) is 31.0 Å². The molecule has 0 fully saturated rings. The molecule has 0 bridgehead atoms. The summed E-state index contributed by atoms with van der Waals surface area (Å²) in [5.41, 5.74) is -1.08. The van der Waals surface area contributed by atoms with E-state index in [0.29, 0.717) is 9.47 Å². The Morgan fingerprint density at radius 1 is 1.00 bits per heavy atom. The van der Waals surface area contributed by atoms with Crippen LogP contribution in [-0.2, 0) is 11.0 Å². The highest BCUT2D eigenvalue weighted by molar-refractivity contribution is 8.01. The minimum atomic E-state index is -4.55. The lowest BCUT2D eigenvalue weighted by Gasteiger charge is -2.08. The van der Waals surface area contributed by atoms with Crippen LogP contribution in [-0.4, -0.2) is 43.7 Å². The van der Waals surface area contributed by atoms with Crippen molar-refractivity contribution in [3.63, 3.8) is 0 Å². The molecule has 0 saturated carbocycles. The first kappa shape index (κ1) is 23.4. The lowest BCUT2D eigenvalue weighted by Crippen LogP contribution is -2.13. The normalized spacial score (nSPS) is 11.4. The molecule has 0 saturated heterocycles. The smallest absolute Gasteiger partial charge is 0.300 e. The molecular formula is C16H13F3N6O2S4. The molecule has 31 heavy (non-hydrogen) atoms. The van der Waals surface area contributed by atoms with E-state index in [9.17, 15) is 22.8 Å². The number of rotatable bonds is 8. The standard InChI is InChI=1S/C16H13F3N6O2S4/c1-2-28-14-24-22-12(30-14)20-10(26)7-29-15-25-23-13(31-15)21-11(27)8-4-3-5-9(6-8)16(17,18)19/h3-6H,2,7H2,1H3,(H,20,22,26)(H,21,23,27). The van der Waals surface area contributed by atoms with Gasteiger partial charge >= 0.3 is 6.18 Å². The summed E-state index contributed by atoms with van der Waals surface area (Å²) in [6.45, 7) is 1.99. The van der Waals surface area contributed by atoms with Gasteiger partial charge in [-0.25, -0.2) is 0 Å². The lowest BCUT2D eigenvalue weighted by molar-refractivity contribution is -0.137. The van der Waals surface area contributed by atoms with Crippen molar-refractivity contribution in [1.29, 1.82) is 0 Å². The lowest BCUT2D eigenvalue weighted by atomic mass is 10.1. The van der Waals surface area contributed by atoms with Crippen molar-refractivity contribution in [2.24, 2.45) is 0 Å². The van der Waals surface area contributed by atoms with E-state index in [1.807, 2.05) is 6.92 Å². The molecule has 0 unspecified atom stereocenters. The molecule has 0 radical (unpaired) electrons. The van der Waals surface area contributed by atoms with Crippen LogP contribution >= 0.6 is 46.2 Å². The number of hydrogen-bond donors (Lipinski definition) is 2. The van der Waals surface area contributed by atoms with E-state index in [-0.39, 0.29) is 22.4 Å². The van der Waals surface area contributed by atoms with E-state index in [4.69, 9.17) is 0 Å². The first-order chi connectivity index (χ1) is 14.7. The summed E-state index contributed by atoms with van der Waals surface area (Å²) in [7, 11) is 0. The van der Waals surface area contributed by atoms with Gasteiger partial charge in [-0.1, -0.05) is 59.2 Å². The van der Waals surface area contributed by atoms with Crippen LogP contribution < -0.4 is 10.6 Å². The van der Waals surface area contributed by atoms with Crippen LogP contribution in [0, 0.1) is 0 Å². The van der Waals surface area contributed by atoms with Gasteiger partial charge in [0.05, 0.1) is 11.3 Å². The fourth-order valence-corrected chi connectivity index (χ4v) is 5.26. The number of alkyl halides is 3. The SMILES string of the molecule is CCSc1nnc(NC(=O)CSc2nnc(NC(=O)c3cccc(C(F)(F)F)c3)s2)s1. The highest BCUT2D eigenvalue weighted by atomic mass is 32.2. The molecule has 0 aliphatic heterocycles. The molecule has 2 N–H and O–H groups in total. The number of halogens is 3. The third-order valence-corrected chi connectivity index (χ3v) is 7.15. The van der Waals surface area contributed by atoms with Crippen molar-refractivity contribution in [2.75, 3.05) is 22.1 Å². The maximum atomic E-state index is 12.8. The summed E-state index contributed by atoms with van der Waals surface area (Å²) < 4.78 is 39.5. The maximum absolute atomic E-state index is 12.8. The zero-order valence-electron chi connectivity index (χ0n) is 15.6. The topological polar surface area (TPSA) is 110 Å². The van der Waals surface area contributed by atoms with Gasteiger partial charge in [0.25, 0.3) is 5.91 Å². The molecule has 0 aliphatic rings. The molecule has 3 rings (SSSR count). The Balaban J connectivity index is 1.52. The van der Waals surface area contributed by atoms with Gasteiger partial charge in [0.2, 0.25) is 16.2 Å². The van der Waals surface area contributed by atoms with Crippen molar-refractivity contribution in [2.45, 2.75) is 21.8 Å². The van der Waals surface area contributed by atoms with E-state index < -0.39 is 17.6 Å². The number of amides is 2. The number of carbonyl (C=O) groups excluding carboxylic acids is 2. The summed E-state index contributed by atoms with van der Waals surface area (Å²) in [6.07, 6.45) is -4.55. The molecule has 3 aromatic rings. The van der Waals surface area contributed by atoms with Crippen LogP contribution in [0.1, 0.15) is 22.8 Å². The number of benzene rings is 1. The summed E-state index contributed by atoms with van der Waals surface area (Å²) in [5, 5.41) is 21.0. The van der Waals surface area contributed by atoms with Gasteiger partial charge in [0, 0.05) is 5.56 Å². The van der Waals surface area contributed by atoms with Crippen LogP contribution in [0.3, 0.4) is 0 Å². The minimum Gasteiger partial charge on any atom is -0.300 e. The minimum absolute atomic E-state index is 0.0338. The Bertz CT molecular complexity index is 1070. The van der Waals surface area contributed by atoms with Crippen LogP contribution in [0.2, 0.25) is 0 Å². The first-order valence-electron chi connectivity index (χ1n) is 8.45. The van der Waals surface area contributed by atoms with Crippen molar-refractivity contribution in [1.82, 2.24) is 20.4 Å². The highest BCUT2D eigenvalue weighted by Gasteiger charge is 2.31. The molecule has 8 nitrogen and oxygen atoms in total. The largest absolute Gasteiger partial charge is 0.416 e. The number of nitrogens with one attached hydrogen (secondary N) is 2. The van der Waals surface area contributed by atoms with Gasteiger partial charge in [-0.2, -0.15) is 13.2 Å². The fourth-order valence-electron chi connectivity index (χ4n) is 2.05.